The number of aromatic nitrogens is 4. The Kier molecular flexibility index (Phi) is 2.47. The van der Waals surface area contributed by atoms with Crippen molar-refractivity contribution in [3.8, 4) is 11.5 Å². The van der Waals surface area contributed by atoms with Crippen molar-refractivity contribution in [3.05, 3.63) is 29.1 Å². The minimum Gasteiger partial charge on any atom is -0.312 e. The Morgan fingerprint density at radius 3 is 3.00 bits per heavy atom. The maximum atomic E-state index is 4.40. The van der Waals surface area contributed by atoms with Crippen molar-refractivity contribution < 1.29 is 0 Å². The van der Waals surface area contributed by atoms with Gasteiger partial charge in [-0.2, -0.15) is 0 Å². The molecule has 1 aliphatic carbocycles. The van der Waals surface area contributed by atoms with E-state index >= 15 is 0 Å². The van der Waals surface area contributed by atoms with E-state index in [4.69, 9.17) is 0 Å². The van der Waals surface area contributed by atoms with Gasteiger partial charge in [-0.25, -0.2) is 4.98 Å². The van der Waals surface area contributed by atoms with E-state index in [2.05, 4.69) is 35.7 Å². The molecule has 0 amide bonds. The van der Waals surface area contributed by atoms with Crippen LogP contribution in [0.5, 0.6) is 0 Å². The number of rotatable bonds is 3. The summed E-state index contributed by atoms with van der Waals surface area (Å²) in [7, 11) is 0. The molecular formula is C11H11BrN4. The van der Waals surface area contributed by atoms with E-state index in [9.17, 15) is 0 Å². The number of hydrogen-bond acceptors (Lipinski definition) is 3. The average Bonchev–Trinajstić information content (AvgIpc) is 2.95. The molecular weight excluding hydrogens is 268 g/mol. The molecule has 0 N–H and O–H groups in total. The van der Waals surface area contributed by atoms with Crippen molar-refractivity contribution in [1.82, 2.24) is 19.7 Å². The molecule has 5 heteroatoms. The minimum atomic E-state index is 0.807. The van der Waals surface area contributed by atoms with E-state index < -0.39 is 0 Å². The topological polar surface area (TPSA) is 43.6 Å². The SMILES string of the molecule is Brc1cccc(-c2nncn2CC2CC2)n1. The number of hydrogen-bond donors (Lipinski definition) is 0. The molecule has 2 aromatic heterocycles. The molecule has 4 nitrogen and oxygen atoms in total. The largest absolute Gasteiger partial charge is 0.312 e. The van der Waals surface area contributed by atoms with Gasteiger partial charge < -0.3 is 4.57 Å². The maximum absolute atomic E-state index is 4.40. The molecule has 0 saturated heterocycles. The van der Waals surface area contributed by atoms with Crippen LogP contribution >= 0.6 is 15.9 Å². The molecule has 2 heterocycles. The van der Waals surface area contributed by atoms with Gasteiger partial charge in [0.05, 0.1) is 0 Å². The molecule has 3 rings (SSSR count). The van der Waals surface area contributed by atoms with Gasteiger partial charge in [0.15, 0.2) is 5.82 Å². The quantitative estimate of drug-likeness (QED) is 0.811. The summed E-state index contributed by atoms with van der Waals surface area (Å²) in [6.45, 7) is 1.01. The van der Waals surface area contributed by atoms with Crippen molar-refractivity contribution >= 4 is 15.9 Å². The summed E-state index contributed by atoms with van der Waals surface area (Å²) in [5, 5.41) is 8.10. The Balaban J connectivity index is 1.95. The first-order valence-corrected chi connectivity index (χ1v) is 6.13. The molecule has 1 fully saturated rings. The number of pyridine rings is 1. The van der Waals surface area contributed by atoms with Crippen LogP contribution in [-0.2, 0) is 6.54 Å². The van der Waals surface area contributed by atoms with Crippen LogP contribution in [-0.4, -0.2) is 19.7 Å². The second-order valence-electron chi connectivity index (χ2n) is 4.10. The highest BCUT2D eigenvalue weighted by Crippen LogP contribution is 2.31. The van der Waals surface area contributed by atoms with Gasteiger partial charge in [0.1, 0.15) is 16.6 Å². The zero-order valence-electron chi connectivity index (χ0n) is 8.67. The van der Waals surface area contributed by atoms with Crippen molar-refractivity contribution in [2.24, 2.45) is 5.92 Å². The van der Waals surface area contributed by atoms with Crippen LogP contribution in [0.15, 0.2) is 29.1 Å². The van der Waals surface area contributed by atoms with Gasteiger partial charge in [-0.1, -0.05) is 6.07 Å². The Morgan fingerprint density at radius 2 is 2.25 bits per heavy atom. The molecule has 1 aliphatic rings. The third-order valence-electron chi connectivity index (χ3n) is 2.71. The highest BCUT2D eigenvalue weighted by Gasteiger charge is 2.23. The van der Waals surface area contributed by atoms with Gasteiger partial charge in [0.25, 0.3) is 0 Å². The van der Waals surface area contributed by atoms with Crippen molar-refractivity contribution in [1.29, 1.82) is 0 Å². The van der Waals surface area contributed by atoms with E-state index in [1.54, 1.807) is 6.33 Å². The predicted octanol–water partition coefficient (Wildman–Crippen LogP) is 2.51. The summed E-state index contributed by atoms with van der Waals surface area (Å²) in [5.41, 5.74) is 0.868. The molecule has 16 heavy (non-hydrogen) atoms. The third-order valence-corrected chi connectivity index (χ3v) is 3.15. The lowest BCUT2D eigenvalue weighted by molar-refractivity contribution is 0.629. The van der Waals surface area contributed by atoms with Gasteiger partial charge in [0.2, 0.25) is 0 Å². The number of halogens is 1. The summed E-state index contributed by atoms with van der Waals surface area (Å²) in [4.78, 5) is 4.40. The van der Waals surface area contributed by atoms with E-state index in [0.717, 1.165) is 28.6 Å². The van der Waals surface area contributed by atoms with Gasteiger partial charge in [-0.15, -0.1) is 10.2 Å². The van der Waals surface area contributed by atoms with Crippen LogP contribution in [0.4, 0.5) is 0 Å². The molecule has 0 radical (unpaired) electrons. The fraction of sp³-hybridized carbons (Fsp3) is 0.364. The third kappa shape index (κ3) is 2.00. The van der Waals surface area contributed by atoms with E-state index in [-0.39, 0.29) is 0 Å². The van der Waals surface area contributed by atoms with Gasteiger partial charge in [-0.05, 0) is 46.8 Å². The van der Waals surface area contributed by atoms with Crippen LogP contribution in [0, 0.1) is 5.92 Å². The fourth-order valence-corrected chi connectivity index (χ4v) is 2.04. The minimum absolute atomic E-state index is 0.807. The van der Waals surface area contributed by atoms with Crippen molar-refractivity contribution in [3.63, 3.8) is 0 Å². The van der Waals surface area contributed by atoms with E-state index in [1.165, 1.54) is 12.8 Å². The van der Waals surface area contributed by atoms with Gasteiger partial charge in [0, 0.05) is 6.54 Å². The molecule has 0 unspecified atom stereocenters. The van der Waals surface area contributed by atoms with Crippen LogP contribution in [0.25, 0.3) is 11.5 Å². The van der Waals surface area contributed by atoms with Gasteiger partial charge >= 0.3 is 0 Å². The molecule has 0 bridgehead atoms. The summed E-state index contributed by atoms with van der Waals surface area (Å²) < 4.78 is 2.91. The Morgan fingerprint density at radius 1 is 1.38 bits per heavy atom. The first kappa shape index (κ1) is 9.96. The van der Waals surface area contributed by atoms with Gasteiger partial charge in [-0.3, -0.25) is 0 Å². The molecule has 0 aromatic carbocycles. The molecule has 2 aromatic rings. The van der Waals surface area contributed by atoms with E-state index in [1.807, 2.05) is 18.2 Å². The van der Waals surface area contributed by atoms with E-state index in [0.29, 0.717) is 0 Å². The standard InChI is InChI=1S/C11H11BrN4/c12-10-3-1-2-9(14-10)11-15-13-7-16(11)6-8-4-5-8/h1-3,7-8H,4-6H2. The lowest BCUT2D eigenvalue weighted by Gasteiger charge is -2.04. The fourth-order valence-electron chi connectivity index (χ4n) is 1.70. The summed E-state index contributed by atoms with van der Waals surface area (Å²) >= 11 is 3.37. The lowest BCUT2D eigenvalue weighted by atomic mass is 10.3. The zero-order chi connectivity index (χ0) is 11.0. The lowest BCUT2D eigenvalue weighted by Crippen LogP contribution is -2.02. The Labute approximate surface area is 102 Å². The van der Waals surface area contributed by atoms with Crippen molar-refractivity contribution in [2.45, 2.75) is 19.4 Å². The summed E-state index contributed by atoms with van der Waals surface area (Å²) in [6, 6.07) is 5.83. The first-order valence-electron chi connectivity index (χ1n) is 5.33. The molecule has 0 spiro atoms. The average molecular weight is 279 g/mol. The van der Waals surface area contributed by atoms with Crippen LogP contribution in [0.3, 0.4) is 0 Å². The summed E-state index contributed by atoms with van der Waals surface area (Å²) in [5.74, 6) is 1.66. The first-order chi connectivity index (χ1) is 7.83. The molecule has 1 saturated carbocycles. The second kappa shape index (κ2) is 3.97. The highest BCUT2D eigenvalue weighted by molar-refractivity contribution is 9.10. The summed E-state index contributed by atoms with van der Waals surface area (Å²) in [6.07, 6.45) is 4.43. The van der Waals surface area contributed by atoms with Crippen molar-refractivity contribution in [2.75, 3.05) is 0 Å². The monoisotopic (exact) mass is 278 g/mol. The number of nitrogens with zero attached hydrogens (tertiary/aromatic N) is 4. The van der Waals surface area contributed by atoms with Crippen LogP contribution in [0.2, 0.25) is 0 Å². The zero-order valence-corrected chi connectivity index (χ0v) is 10.3. The Bertz CT molecular complexity index is 504. The smallest absolute Gasteiger partial charge is 0.182 e. The van der Waals surface area contributed by atoms with Crippen LogP contribution < -0.4 is 0 Å². The highest BCUT2D eigenvalue weighted by atomic mass is 79.9. The predicted molar refractivity (Wildman–Crippen MR) is 63.7 cm³/mol. The second-order valence-corrected chi connectivity index (χ2v) is 4.91. The normalized spacial score (nSPS) is 15.3. The molecule has 82 valence electrons. The molecule has 0 aliphatic heterocycles. The Hall–Kier alpha value is -1.23. The maximum Gasteiger partial charge on any atom is 0.182 e. The van der Waals surface area contributed by atoms with Crippen LogP contribution in [0.1, 0.15) is 12.8 Å². The molecule has 0 atom stereocenters.